The molecule has 3 aromatic carbocycles. The molecule has 170 valence electrons. The first kappa shape index (κ1) is 23.8. The van der Waals surface area contributed by atoms with Gasteiger partial charge in [-0.2, -0.15) is 0 Å². The first-order valence-electron chi connectivity index (χ1n) is 11.6. The number of hydrogen-bond acceptors (Lipinski definition) is 2. The molecule has 32 heavy (non-hydrogen) atoms. The van der Waals surface area contributed by atoms with Gasteiger partial charge in [0.15, 0.2) is 0 Å². The largest absolute Gasteiger partial charge is 0.372 e. The first-order chi connectivity index (χ1) is 15.4. The van der Waals surface area contributed by atoms with Crippen LogP contribution in [0.4, 0.5) is 20.2 Å². The van der Waals surface area contributed by atoms with Crippen molar-refractivity contribution in [3.8, 4) is 0 Å². The van der Waals surface area contributed by atoms with Crippen LogP contribution in [0.2, 0.25) is 0 Å². The molecule has 0 spiro atoms. The van der Waals surface area contributed by atoms with Gasteiger partial charge in [0.05, 0.1) is 0 Å². The summed E-state index contributed by atoms with van der Waals surface area (Å²) >= 11 is 0. The lowest BCUT2D eigenvalue weighted by atomic mass is 9.82. The molecule has 0 N–H and O–H groups in total. The lowest BCUT2D eigenvalue weighted by molar-refractivity contribution is 0.585. The highest BCUT2D eigenvalue weighted by molar-refractivity contribution is 5.56. The molecule has 0 fully saturated rings. The summed E-state index contributed by atoms with van der Waals surface area (Å²) in [5.74, 6) is -1.14. The molecule has 2 nitrogen and oxygen atoms in total. The van der Waals surface area contributed by atoms with E-state index in [0.717, 1.165) is 48.7 Å². The summed E-state index contributed by atoms with van der Waals surface area (Å²) in [4.78, 5) is 4.21. The molecular weight excluding hydrogens is 402 g/mol. The molecule has 0 radical (unpaired) electrons. The highest BCUT2D eigenvalue weighted by Crippen LogP contribution is 2.38. The summed E-state index contributed by atoms with van der Waals surface area (Å²) in [7, 11) is 0. The lowest BCUT2D eigenvalue weighted by Crippen LogP contribution is -2.22. The van der Waals surface area contributed by atoms with Crippen molar-refractivity contribution >= 4 is 11.4 Å². The minimum atomic E-state index is -0.521. The van der Waals surface area contributed by atoms with Crippen LogP contribution in [-0.4, -0.2) is 26.2 Å². The molecule has 0 bridgehead atoms. The average Bonchev–Trinajstić information content (AvgIpc) is 2.79. The van der Waals surface area contributed by atoms with Crippen molar-refractivity contribution in [1.82, 2.24) is 0 Å². The van der Waals surface area contributed by atoms with Crippen LogP contribution in [0, 0.1) is 18.6 Å². The van der Waals surface area contributed by atoms with Crippen LogP contribution in [0.25, 0.3) is 0 Å². The van der Waals surface area contributed by atoms with Crippen molar-refractivity contribution in [2.45, 2.75) is 40.5 Å². The number of nitrogens with zero attached hydrogens (tertiary/aromatic N) is 2. The number of hydrogen-bond donors (Lipinski definition) is 0. The smallest absolute Gasteiger partial charge is 0.129 e. The molecule has 3 rings (SSSR count). The van der Waals surface area contributed by atoms with Crippen LogP contribution >= 0.6 is 0 Å². The fourth-order valence-corrected chi connectivity index (χ4v) is 4.48. The zero-order chi connectivity index (χ0) is 23.3. The molecule has 0 unspecified atom stereocenters. The molecule has 0 aliphatic carbocycles. The molecule has 3 aromatic rings. The Morgan fingerprint density at radius 3 is 1.44 bits per heavy atom. The summed E-state index contributed by atoms with van der Waals surface area (Å²) in [5, 5.41) is 0. The molecule has 0 saturated carbocycles. The van der Waals surface area contributed by atoms with E-state index in [0.29, 0.717) is 11.1 Å². The molecule has 0 amide bonds. The second-order valence-electron chi connectivity index (χ2n) is 8.05. The van der Waals surface area contributed by atoms with Gasteiger partial charge in [0, 0.05) is 43.5 Å². The van der Waals surface area contributed by atoms with Gasteiger partial charge in [0.1, 0.15) is 11.6 Å². The van der Waals surface area contributed by atoms with Crippen molar-refractivity contribution in [3.05, 3.63) is 94.6 Å². The molecular formula is C28H34F2N2. The Hall–Kier alpha value is -2.88. The Balaban J connectivity index is 2.16. The van der Waals surface area contributed by atoms with Gasteiger partial charge in [0.2, 0.25) is 0 Å². The van der Waals surface area contributed by atoms with Gasteiger partial charge in [-0.1, -0.05) is 36.4 Å². The minimum Gasteiger partial charge on any atom is -0.372 e. The molecule has 0 aromatic heterocycles. The van der Waals surface area contributed by atoms with Crippen molar-refractivity contribution in [2.75, 3.05) is 36.0 Å². The second kappa shape index (κ2) is 10.6. The van der Waals surface area contributed by atoms with E-state index < -0.39 is 5.92 Å². The van der Waals surface area contributed by atoms with Gasteiger partial charge < -0.3 is 9.80 Å². The summed E-state index contributed by atoms with van der Waals surface area (Å²) in [6.45, 7) is 13.4. The van der Waals surface area contributed by atoms with Crippen LogP contribution in [-0.2, 0) is 0 Å². The SMILES string of the molecule is CCN(CC)c1ccc(C(c2ccccc2C)c2ccc(N(CC)CC)cc2F)c(F)c1. The number of anilines is 2. The molecule has 0 aliphatic heterocycles. The summed E-state index contributed by atoms with van der Waals surface area (Å²) in [6.07, 6.45) is 0. The van der Waals surface area contributed by atoms with Crippen LogP contribution < -0.4 is 9.80 Å². The third kappa shape index (κ3) is 4.79. The van der Waals surface area contributed by atoms with Crippen molar-refractivity contribution < 1.29 is 8.78 Å². The quantitative estimate of drug-likeness (QED) is 0.329. The topological polar surface area (TPSA) is 6.48 Å². The molecule has 0 saturated heterocycles. The zero-order valence-electron chi connectivity index (χ0n) is 19.8. The van der Waals surface area contributed by atoms with Crippen LogP contribution in [0.3, 0.4) is 0 Å². The monoisotopic (exact) mass is 436 g/mol. The van der Waals surface area contributed by atoms with Gasteiger partial charge in [-0.15, -0.1) is 0 Å². The van der Waals surface area contributed by atoms with E-state index >= 15 is 8.78 Å². The molecule has 0 aliphatic rings. The highest BCUT2D eigenvalue weighted by Gasteiger charge is 2.25. The highest BCUT2D eigenvalue weighted by atomic mass is 19.1. The van der Waals surface area contributed by atoms with Crippen LogP contribution in [0.15, 0.2) is 60.7 Å². The van der Waals surface area contributed by atoms with Crippen LogP contribution in [0.5, 0.6) is 0 Å². The Bertz CT molecular complexity index is 978. The zero-order valence-corrected chi connectivity index (χ0v) is 19.8. The van der Waals surface area contributed by atoms with E-state index in [9.17, 15) is 0 Å². The first-order valence-corrected chi connectivity index (χ1v) is 11.6. The van der Waals surface area contributed by atoms with Crippen molar-refractivity contribution in [3.63, 3.8) is 0 Å². The number of rotatable bonds is 9. The van der Waals surface area contributed by atoms with E-state index in [4.69, 9.17) is 0 Å². The summed E-state index contributed by atoms with van der Waals surface area (Å²) in [5.41, 5.74) is 4.59. The Kier molecular flexibility index (Phi) is 7.89. The maximum Gasteiger partial charge on any atom is 0.129 e. The van der Waals surface area contributed by atoms with E-state index in [1.54, 1.807) is 12.1 Å². The van der Waals surface area contributed by atoms with E-state index in [1.807, 2.05) is 55.5 Å². The van der Waals surface area contributed by atoms with E-state index in [1.165, 1.54) is 0 Å². The third-order valence-electron chi connectivity index (χ3n) is 6.35. The fourth-order valence-electron chi connectivity index (χ4n) is 4.48. The second-order valence-corrected chi connectivity index (χ2v) is 8.05. The number of benzene rings is 3. The summed E-state index contributed by atoms with van der Waals surface area (Å²) < 4.78 is 31.1. The Labute approximate surface area is 191 Å². The molecule has 0 heterocycles. The summed E-state index contributed by atoms with van der Waals surface area (Å²) in [6, 6.07) is 18.5. The van der Waals surface area contributed by atoms with E-state index in [2.05, 4.69) is 37.5 Å². The third-order valence-corrected chi connectivity index (χ3v) is 6.35. The molecule has 0 atom stereocenters. The van der Waals surface area contributed by atoms with E-state index in [-0.39, 0.29) is 11.6 Å². The standard InChI is InChI=1S/C28H34F2N2/c1-6-31(7-2)21-14-16-24(26(29)18-21)28(23-13-11-10-12-20(23)5)25-17-15-22(19-27(25)30)32(8-3)9-4/h10-19,28H,6-9H2,1-5H3. The maximum absolute atomic E-state index is 15.5. The van der Waals surface area contributed by atoms with Gasteiger partial charge in [0.25, 0.3) is 0 Å². The fraction of sp³-hybridized carbons (Fsp3) is 0.357. The predicted octanol–water partition coefficient (Wildman–Crippen LogP) is 7.15. The Morgan fingerprint density at radius 2 is 1.06 bits per heavy atom. The van der Waals surface area contributed by atoms with Crippen molar-refractivity contribution in [1.29, 1.82) is 0 Å². The normalized spacial score (nSPS) is 11.1. The maximum atomic E-state index is 15.5. The van der Waals surface area contributed by atoms with Gasteiger partial charge in [-0.3, -0.25) is 0 Å². The number of aryl methyl sites for hydroxylation is 1. The van der Waals surface area contributed by atoms with Crippen LogP contribution in [0.1, 0.15) is 55.9 Å². The molecule has 4 heteroatoms. The minimum absolute atomic E-state index is 0.310. The van der Waals surface area contributed by atoms with Gasteiger partial charge in [-0.25, -0.2) is 8.78 Å². The number of halogens is 2. The lowest BCUT2D eigenvalue weighted by Gasteiger charge is -2.26. The predicted molar refractivity (Wildman–Crippen MR) is 132 cm³/mol. The average molecular weight is 437 g/mol. The van der Waals surface area contributed by atoms with Gasteiger partial charge >= 0.3 is 0 Å². The van der Waals surface area contributed by atoms with Crippen molar-refractivity contribution in [2.24, 2.45) is 0 Å². The Morgan fingerprint density at radius 1 is 0.625 bits per heavy atom. The van der Waals surface area contributed by atoms with Gasteiger partial charge in [-0.05, 0) is 81.1 Å².